The van der Waals surface area contributed by atoms with Crippen LogP contribution in [0, 0.1) is 6.92 Å². The van der Waals surface area contributed by atoms with E-state index in [2.05, 4.69) is 15.9 Å². The average molecular weight is 437 g/mol. The van der Waals surface area contributed by atoms with E-state index < -0.39 is 9.84 Å². The molecule has 0 amide bonds. The van der Waals surface area contributed by atoms with Crippen LogP contribution in [0.3, 0.4) is 0 Å². The summed E-state index contributed by atoms with van der Waals surface area (Å²) in [5.74, 6) is 0.267. The molecule has 7 heteroatoms. The van der Waals surface area contributed by atoms with Crippen LogP contribution < -0.4 is 9.80 Å². The molecule has 0 spiro atoms. The third-order valence-electron chi connectivity index (χ3n) is 4.83. The molecule has 4 rings (SSSR count). The highest BCUT2D eigenvalue weighted by molar-refractivity contribution is 9.10. The third-order valence-corrected chi connectivity index (χ3v) is 7.42. The summed E-state index contributed by atoms with van der Waals surface area (Å²) in [6.45, 7) is 2.03. The van der Waals surface area contributed by atoms with Crippen molar-refractivity contribution in [2.75, 3.05) is 21.3 Å². The van der Waals surface area contributed by atoms with E-state index in [9.17, 15) is 8.42 Å². The van der Waals surface area contributed by atoms with Gasteiger partial charge in [0.15, 0.2) is 14.9 Å². The first-order valence-corrected chi connectivity index (χ1v) is 11.0. The lowest BCUT2D eigenvalue weighted by Crippen LogP contribution is -2.38. The second-order valence-corrected chi connectivity index (χ2v) is 9.94. The topological polar surface area (TPSA) is 40.6 Å². The number of hydrogen-bond acceptors (Lipinski definition) is 3. The number of sulfone groups is 1. The van der Waals surface area contributed by atoms with Gasteiger partial charge in [-0.2, -0.15) is 0 Å². The van der Waals surface area contributed by atoms with E-state index in [0.29, 0.717) is 5.11 Å². The maximum absolute atomic E-state index is 12.4. The molecule has 0 aliphatic carbocycles. The van der Waals surface area contributed by atoms with Gasteiger partial charge in [-0.15, -0.1) is 0 Å². The molecule has 0 bridgehead atoms. The van der Waals surface area contributed by atoms with Gasteiger partial charge >= 0.3 is 0 Å². The molecule has 0 saturated carbocycles. The van der Waals surface area contributed by atoms with Gasteiger partial charge in [0.1, 0.15) is 0 Å². The zero-order valence-electron chi connectivity index (χ0n) is 13.6. The molecule has 2 aromatic rings. The fraction of sp³-hybridized carbons (Fsp3) is 0.278. The van der Waals surface area contributed by atoms with E-state index in [0.717, 1.165) is 21.4 Å². The third kappa shape index (κ3) is 2.88. The van der Waals surface area contributed by atoms with Gasteiger partial charge in [-0.25, -0.2) is 8.42 Å². The van der Waals surface area contributed by atoms with Crippen LogP contribution in [0.25, 0.3) is 0 Å². The summed E-state index contributed by atoms with van der Waals surface area (Å²) in [6, 6.07) is 15.5. The maximum Gasteiger partial charge on any atom is 0.181 e. The molecule has 2 atom stereocenters. The van der Waals surface area contributed by atoms with Gasteiger partial charge in [-0.3, -0.25) is 0 Å². The molecule has 0 N–H and O–H groups in total. The van der Waals surface area contributed by atoms with Crippen molar-refractivity contribution in [3.8, 4) is 0 Å². The van der Waals surface area contributed by atoms with E-state index in [1.807, 2.05) is 65.3 Å². The molecule has 25 heavy (non-hydrogen) atoms. The first kappa shape index (κ1) is 17.0. The number of thiocarbonyl (C=S) groups is 1. The van der Waals surface area contributed by atoms with Crippen LogP contribution in [0.4, 0.5) is 11.4 Å². The van der Waals surface area contributed by atoms with Crippen LogP contribution in [0.2, 0.25) is 0 Å². The van der Waals surface area contributed by atoms with E-state index in [1.165, 1.54) is 0 Å². The van der Waals surface area contributed by atoms with Crippen LogP contribution in [0.15, 0.2) is 53.0 Å². The molecule has 2 aliphatic rings. The van der Waals surface area contributed by atoms with Crippen LogP contribution in [0.5, 0.6) is 0 Å². The molecule has 2 aromatic carbocycles. The van der Waals surface area contributed by atoms with E-state index >= 15 is 0 Å². The number of nitrogens with zero attached hydrogens (tertiary/aromatic N) is 2. The Kier molecular flexibility index (Phi) is 4.13. The minimum atomic E-state index is -3.09. The second kappa shape index (κ2) is 6.07. The number of benzene rings is 2. The Morgan fingerprint density at radius 1 is 1.04 bits per heavy atom. The quantitative estimate of drug-likeness (QED) is 0.673. The standard InChI is InChI=1S/C18H17BrN2O2S2/c1-12-5-2-3-8-15(12)21-17-11-25(22,23)10-16(17)20(18(21)24)14-7-4-6-13(19)9-14/h2-9,16-17H,10-11H2,1H3/t16-,17-/m1/s1. The highest BCUT2D eigenvalue weighted by atomic mass is 79.9. The summed E-state index contributed by atoms with van der Waals surface area (Å²) in [6.07, 6.45) is 0. The van der Waals surface area contributed by atoms with Gasteiger partial charge in [0.05, 0.1) is 23.6 Å². The van der Waals surface area contributed by atoms with Crippen molar-refractivity contribution in [1.82, 2.24) is 0 Å². The lowest BCUT2D eigenvalue weighted by Gasteiger charge is -2.27. The normalized spacial score (nSPS) is 24.6. The minimum Gasteiger partial charge on any atom is -0.312 e. The van der Waals surface area contributed by atoms with Gasteiger partial charge in [0.25, 0.3) is 0 Å². The number of aryl methyl sites for hydroxylation is 1. The van der Waals surface area contributed by atoms with Gasteiger partial charge in [0.2, 0.25) is 0 Å². The first-order chi connectivity index (χ1) is 11.9. The lowest BCUT2D eigenvalue weighted by molar-refractivity contribution is 0.601. The Labute approximate surface area is 161 Å². The van der Waals surface area contributed by atoms with E-state index in [4.69, 9.17) is 12.2 Å². The summed E-state index contributed by atoms with van der Waals surface area (Å²) in [5.41, 5.74) is 2.99. The Bertz CT molecular complexity index is 961. The van der Waals surface area contributed by atoms with Gasteiger partial charge in [-0.1, -0.05) is 40.2 Å². The molecule has 130 valence electrons. The minimum absolute atomic E-state index is 0.132. The average Bonchev–Trinajstić information content (AvgIpc) is 2.97. The molecule has 0 unspecified atom stereocenters. The van der Waals surface area contributed by atoms with Crippen molar-refractivity contribution < 1.29 is 8.42 Å². The SMILES string of the molecule is Cc1ccccc1N1C(=S)N(c2cccc(Br)c2)[C@@H]2CS(=O)(=O)C[C@H]21. The molecule has 2 aliphatic heterocycles. The van der Waals surface area contributed by atoms with Crippen LogP contribution in [0.1, 0.15) is 5.56 Å². The number of hydrogen-bond donors (Lipinski definition) is 0. The largest absolute Gasteiger partial charge is 0.312 e. The molecular formula is C18H17BrN2O2S2. The van der Waals surface area contributed by atoms with Crippen LogP contribution in [-0.2, 0) is 9.84 Å². The highest BCUT2D eigenvalue weighted by Gasteiger charge is 2.52. The molecular weight excluding hydrogens is 420 g/mol. The van der Waals surface area contributed by atoms with Crippen molar-refractivity contribution in [1.29, 1.82) is 0 Å². The Morgan fingerprint density at radius 3 is 2.40 bits per heavy atom. The number of fused-ring (bicyclic) bond motifs is 1. The molecule has 4 nitrogen and oxygen atoms in total. The second-order valence-electron chi connectivity index (χ2n) is 6.50. The molecule has 2 heterocycles. The monoisotopic (exact) mass is 436 g/mol. The summed E-state index contributed by atoms with van der Waals surface area (Å²) in [5, 5.41) is 0.664. The molecule has 0 radical (unpaired) electrons. The zero-order chi connectivity index (χ0) is 17.8. The Morgan fingerprint density at radius 2 is 1.72 bits per heavy atom. The number of halogens is 1. The molecule has 0 aromatic heterocycles. The van der Waals surface area contributed by atoms with Crippen LogP contribution >= 0.6 is 28.1 Å². The molecule has 2 saturated heterocycles. The van der Waals surface area contributed by atoms with E-state index in [1.54, 1.807) is 0 Å². The summed E-state index contributed by atoms with van der Waals surface area (Å²) >= 11 is 9.29. The number of rotatable bonds is 2. The van der Waals surface area contributed by atoms with E-state index in [-0.39, 0.29) is 23.6 Å². The summed E-state index contributed by atoms with van der Waals surface area (Å²) < 4.78 is 25.6. The predicted molar refractivity (Wildman–Crippen MR) is 109 cm³/mol. The zero-order valence-corrected chi connectivity index (χ0v) is 16.8. The van der Waals surface area contributed by atoms with Gasteiger partial charge < -0.3 is 9.80 Å². The van der Waals surface area contributed by atoms with Gasteiger partial charge in [0, 0.05) is 15.8 Å². The predicted octanol–water partition coefficient (Wildman–Crippen LogP) is 3.53. The van der Waals surface area contributed by atoms with Crippen molar-refractivity contribution in [2.24, 2.45) is 0 Å². The first-order valence-electron chi connectivity index (χ1n) is 8.01. The van der Waals surface area contributed by atoms with Crippen molar-refractivity contribution >= 4 is 54.5 Å². The number of anilines is 2. The highest BCUT2D eigenvalue weighted by Crippen LogP contribution is 2.39. The number of para-hydroxylation sites is 1. The lowest BCUT2D eigenvalue weighted by atomic mass is 10.1. The summed E-state index contributed by atoms with van der Waals surface area (Å²) in [4.78, 5) is 4.03. The summed E-state index contributed by atoms with van der Waals surface area (Å²) in [7, 11) is -3.09. The van der Waals surface area contributed by atoms with Crippen molar-refractivity contribution in [3.63, 3.8) is 0 Å². The fourth-order valence-electron chi connectivity index (χ4n) is 3.75. The van der Waals surface area contributed by atoms with Crippen molar-refractivity contribution in [3.05, 3.63) is 58.6 Å². The smallest absolute Gasteiger partial charge is 0.181 e. The fourth-order valence-corrected chi connectivity index (χ4v) is 6.53. The molecule has 2 fully saturated rings. The Balaban J connectivity index is 1.84. The van der Waals surface area contributed by atoms with Crippen LogP contribution in [-0.4, -0.2) is 37.1 Å². The van der Waals surface area contributed by atoms with Gasteiger partial charge in [-0.05, 0) is 49.0 Å². The maximum atomic E-state index is 12.4. The Hall–Kier alpha value is -1.44. The van der Waals surface area contributed by atoms with Crippen molar-refractivity contribution in [2.45, 2.75) is 19.0 Å².